The lowest BCUT2D eigenvalue weighted by molar-refractivity contribution is -0.137. The van der Waals surface area contributed by atoms with E-state index in [1.165, 1.54) is 24.9 Å². The lowest BCUT2D eigenvalue weighted by atomic mass is 10.0. The Morgan fingerprint density at radius 3 is 2.56 bits per heavy atom. The highest BCUT2D eigenvalue weighted by atomic mass is 32.2. The van der Waals surface area contributed by atoms with Gasteiger partial charge < -0.3 is 4.74 Å². The number of ketones is 1. The number of Topliss-reactive ketones (excluding diaryl/α,β-unsaturated/α-hetero) is 1. The van der Waals surface area contributed by atoms with E-state index in [1.807, 2.05) is 6.26 Å². The molecule has 1 rings (SSSR count). The summed E-state index contributed by atoms with van der Waals surface area (Å²) in [4.78, 5) is 11.8. The van der Waals surface area contributed by atoms with Crippen LogP contribution in [-0.2, 0) is 6.18 Å². The van der Waals surface area contributed by atoms with Crippen LogP contribution in [0, 0.1) is 0 Å². The molecule has 18 heavy (non-hydrogen) atoms. The van der Waals surface area contributed by atoms with Gasteiger partial charge in [0.05, 0.1) is 18.2 Å². The summed E-state index contributed by atoms with van der Waals surface area (Å²) >= 11 is 1.46. The van der Waals surface area contributed by atoms with Gasteiger partial charge in [0.25, 0.3) is 0 Å². The Morgan fingerprint density at radius 2 is 2.06 bits per heavy atom. The number of halogens is 3. The van der Waals surface area contributed by atoms with Crippen molar-refractivity contribution < 1.29 is 22.7 Å². The Balaban J connectivity index is 3.10. The minimum atomic E-state index is -4.46. The van der Waals surface area contributed by atoms with Crippen molar-refractivity contribution in [2.24, 2.45) is 0 Å². The molecule has 0 fully saturated rings. The fourth-order valence-corrected chi connectivity index (χ4v) is 1.82. The van der Waals surface area contributed by atoms with Crippen molar-refractivity contribution in [3.05, 3.63) is 29.3 Å². The zero-order chi connectivity index (χ0) is 13.8. The molecule has 0 aromatic heterocycles. The lowest BCUT2D eigenvalue weighted by Gasteiger charge is -2.11. The molecule has 1 aromatic rings. The largest absolute Gasteiger partial charge is 0.496 e. The number of hydrogen-bond acceptors (Lipinski definition) is 3. The average Bonchev–Trinajstić information content (AvgIpc) is 2.34. The van der Waals surface area contributed by atoms with Crippen LogP contribution in [0.25, 0.3) is 0 Å². The molecule has 0 amide bonds. The molecular weight excluding hydrogens is 265 g/mol. The Morgan fingerprint density at radius 1 is 1.39 bits per heavy atom. The quantitative estimate of drug-likeness (QED) is 0.769. The second-order valence-electron chi connectivity index (χ2n) is 3.58. The molecule has 6 heteroatoms. The lowest BCUT2D eigenvalue weighted by Crippen LogP contribution is -2.09. The molecule has 0 bridgehead atoms. The van der Waals surface area contributed by atoms with E-state index in [-0.39, 0.29) is 23.5 Å². The number of thioether (sulfide) groups is 1. The highest BCUT2D eigenvalue weighted by Crippen LogP contribution is 2.33. The number of carbonyl (C=O) groups is 1. The first kappa shape index (κ1) is 14.9. The molecule has 0 heterocycles. The van der Waals surface area contributed by atoms with Crippen LogP contribution in [-0.4, -0.2) is 24.9 Å². The van der Waals surface area contributed by atoms with Gasteiger partial charge in [-0.05, 0) is 24.5 Å². The first-order valence-electron chi connectivity index (χ1n) is 5.17. The molecule has 1 aromatic carbocycles. The standard InChI is InChI=1S/C12H13F3O2S/c1-17-11-4-3-8(12(13,14)15)7-9(11)10(16)5-6-18-2/h3-4,7H,5-6H2,1-2H3. The van der Waals surface area contributed by atoms with E-state index in [1.54, 1.807) is 0 Å². The van der Waals surface area contributed by atoms with Crippen molar-refractivity contribution in [3.8, 4) is 5.75 Å². The van der Waals surface area contributed by atoms with Gasteiger partial charge in [-0.25, -0.2) is 0 Å². The average molecular weight is 278 g/mol. The summed E-state index contributed by atoms with van der Waals surface area (Å²) in [5, 5.41) is 0. The molecule has 0 atom stereocenters. The second-order valence-corrected chi connectivity index (χ2v) is 4.56. The Kier molecular flexibility index (Phi) is 5.07. The number of benzene rings is 1. The van der Waals surface area contributed by atoms with E-state index >= 15 is 0 Å². The van der Waals surface area contributed by atoms with Crippen molar-refractivity contribution in [2.75, 3.05) is 19.1 Å². The summed E-state index contributed by atoms with van der Waals surface area (Å²) in [6, 6.07) is 2.93. The van der Waals surface area contributed by atoms with Crippen molar-refractivity contribution in [3.63, 3.8) is 0 Å². The van der Waals surface area contributed by atoms with Crippen LogP contribution < -0.4 is 4.74 Å². The summed E-state index contributed by atoms with van der Waals surface area (Å²) < 4.78 is 42.6. The third kappa shape index (κ3) is 3.66. The molecule has 0 N–H and O–H groups in total. The van der Waals surface area contributed by atoms with E-state index in [0.717, 1.165) is 12.1 Å². The maximum absolute atomic E-state index is 12.6. The molecular formula is C12H13F3O2S. The highest BCUT2D eigenvalue weighted by molar-refractivity contribution is 7.98. The van der Waals surface area contributed by atoms with Gasteiger partial charge in [0.15, 0.2) is 5.78 Å². The summed E-state index contributed by atoms with van der Waals surface area (Å²) in [6.07, 6.45) is -2.43. The van der Waals surface area contributed by atoms with Gasteiger partial charge in [0, 0.05) is 12.2 Å². The van der Waals surface area contributed by atoms with Crippen LogP contribution in [0.4, 0.5) is 13.2 Å². The van der Waals surface area contributed by atoms with Gasteiger partial charge in [-0.3, -0.25) is 4.79 Å². The number of carbonyl (C=O) groups excluding carboxylic acids is 1. The molecule has 0 saturated carbocycles. The van der Waals surface area contributed by atoms with Gasteiger partial charge in [-0.15, -0.1) is 0 Å². The van der Waals surface area contributed by atoms with E-state index in [2.05, 4.69) is 0 Å². The van der Waals surface area contributed by atoms with Gasteiger partial charge >= 0.3 is 6.18 Å². The summed E-state index contributed by atoms with van der Waals surface area (Å²) in [5.41, 5.74) is -0.850. The van der Waals surface area contributed by atoms with Crippen LogP contribution in [0.5, 0.6) is 5.75 Å². The number of methoxy groups -OCH3 is 1. The van der Waals surface area contributed by atoms with E-state index in [4.69, 9.17) is 4.74 Å². The fourth-order valence-electron chi connectivity index (χ4n) is 1.43. The molecule has 0 radical (unpaired) electrons. The first-order chi connectivity index (χ1) is 8.40. The maximum atomic E-state index is 12.6. The molecule has 0 saturated heterocycles. The van der Waals surface area contributed by atoms with Gasteiger partial charge in [-0.1, -0.05) is 0 Å². The topological polar surface area (TPSA) is 26.3 Å². The van der Waals surface area contributed by atoms with Gasteiger partial charge in [0.2, 0.25) is 0 Å². The SMILES string of the molecule is COc1ccc(C(F)(F)F)cc1C(=O)CCSC. The molecule has 100 valence electrons. The summed E-state index contributed by atoms with van der Waals surface area (Å²) in [5.74, 6) is 0.402. The normalized spacial score (nSPS) is 11.4. The maximum Gasteiger partial charge on any atom is 0.416 e. The molecule has 0 aliphatic carbocycles. The second kappa shape index (κ2) is 6.13. The van der Waals surface area contributed by atoms with Crippen LogP contribution in [0.1, 0.15) is 22.3 Å². The highest BCUT2D eigenvalue weighted by Gasteiger charge is 2.31. The number of ether oxygens (including phenoxy) is 1. The zero-order valence-corrected chi connectivity index (χ0v) is 10.8. The van der Waals surface area contributed by atoms with Crippen LogP contribution >= 0.6 is 11.8 Å². The Labute approximate surface area is 108 Å². The molecule has 0 aliphatic heterocycles. The van der Waals surface area contributed by atoms with Crippen LogP contribution in [0.15, 0.2) is 18.2 Å². The monoisotopic (exact) mass is 278 g/mol. The van der Waals surface area contributed by atoms with Crippen LogP contribution in [0.3, 0.4) is 0 Å². The molecule has 0 aliphatic rings. The Bertz CT molecular complexity index is 430. The van der Waals surface area contributed by atoms with E-state index < -0.39 is 11.7 Å². The predicted molar refractivity (Wildman–Crippen MR) is 65.3 cm³/mol. The molecule has 0 spiro atoms. The first-order valence-corrected chi connectivity index (χ1v) is 6.57. The minimum absolute atomic E-state index is 0.0126. The van der Waals surface area contributed by atoms with E-state index in [9.17, 15) is 18.0 Å². The van der Waals surface area contributed by atoms with E-state index in [0.29, 0.717) is 5.75 Å². The van der Waals surface area contributed by atoms with Crippen molar-refractivity contribution >= 4 is 17.5 Å². The summed E-state index contributed by atoms with van der Waals surface area (Å²) in [6.45, 7) is 0. The van der Waals surface area contributed by atoms with Gasteiger partial charge in [-0.2, -0.15) is 24.9 Å². The Hall–Kier alpha value is -1.17. The number of rotatable bonds is 5. The smallest absolute Gasteiger partial charge is 0.416 e. The minimum Gasteiger partial charge on any atom is -0.496 e. The third-order valence-corrected chi connectivity index (χ3v) is 2.97. The van der Waals surface area contributed by atoms with Gasteiger partial charge in [0.1, 0.15) is 5.75 Å². The molecule has 0 unspecified atom stereocenters. The number of alkyl halides is 3. The van der Waals surface area contributed by atoms with Crippen molar-refractivity contribution in [1.82, 2.24) is 0 Å². The van der Waals surface area contributed by atoms with Crippen molar-refractivity contribution in [2.45, 2.75) is 12.6 Å². The summed E-state index contributed by atoms with van der Waals surface area (Å²) in [7, 11) is 1.33. The van der Waals surface area contributed by atoms with Crippen LogP contribution in [0.2, 0.25) is 0 Å². The predicted octanol–water partition coefficient (Wildman–Crippen LogP) is 3.65. The number of hydrogen-bond donors (Lipinski definition) is 0. The fraction of sp³-hybridized carbons (Fsp3) is 0.417. The molecule has 2 nitrogen and oxygen atoms in total. The third-order valence-electron chi connectivity index (χ3n) is 2.36. The van der Waals surface area contributed by atoms with Crippen molar-refractivity contribution in [1.29, 1.82) is 0 Å². The zero-order valence-electron chi connectivity index (χ0n) is 10.0.